The van der Waals surface area contributed by atoms with Crippen LogP contribution in [0.5, 0.6) is 11.5 Å². The molecule has 0 saturated heterocycles. The van der Waals surface area contributed by atoms with Gasteiger partial charge in [0.25, 0.3) is 0 Å². The minimum atomic E-state index is -0.508. The summed E-state index contributed by atoms with van der Waals surface area (Å²) in [7, 11) is 0. The van der Waals surface area contributed by atoms with E-state index in [1.165, 1.54) is 0 Å². The maximum atomic E-state index is 11.3. The third-order valence-electron chi connectivity index (χ3n) is 2.49. The van der Waals surface area contributed by atoms with Gasteiger partial charge in [0.05, 0.1) is 12.6 Å². The summed E-state index contributed by atoms with van der Waals surface area (Å²) in [6.45, 7) is 2.47. The molecule has 0 spiro atoms. The molecule has 17 heavy (non-hydrogen) atoms. The van der Waals surface area contributed by atoms with Crippen molar-refractivity contribution >= 4 is 5.91 Å². The van der Waals surface area contributed by atoms with Crippen LogP contribution in [0.15, 0.2) is 24.3 Å². The number of carbonyl (C=O) groups excluding carboxylic acids is 1. The van der Waals surface area contributed by atoms with Gasteiger partial charge in [0.1, 0.15) is 12.7 Å². The Labute approximate surface area is 99.9 Å². The summed E-state index contributed by atoms with van der Waals surface area (Å²) in [5.41, 5.74) is 5.44. The van der Waals surface area contributed by atoms with Crippen LogP contribution in [0.4, 0.5) is 0 Å². The maximum Gasteiger partial charge on any atom is 0.236 e. The van der Waals surface area contributed by atoms with Crippen molar-refractivity contribution in [1.29, 1.82) is 0 Å². The fourth-order valence-electron chi connectivity index (χ4n) is 1.54. The van der Waals surface area contributed by atoms with Gasteiger partial charge in [-0.1, -0.05) is 12.1 Å². The van der Waals surface area contributed by atoms with Gasteiger partial charge >= 0.3 is 0 Å². The van der Waals surface area contributed by atoms with Crippen LogP contribution in [0, 0.1) is 0 Å². The lowest BCUT2D eigenvalue weighted by molar-refractivity contribution is -0.122. The molecule has 0 fully saturated rings. The van der Waals surface area contributed by atoms with Gasteiger partial charge in [-0.05, 0) is 19.1 Å². The van der Waals surface area contributed by atoms with Crippen molar-refractivity contribution in [2.45, 2.75) is 19.1 Å². The summed E-state index contributed by atoms with van der Waals surface area (Å²) in [5.74, 6) is 1.26. The van der Waals surface area contributed by atoms with E-state index < -0.39 is 6.04 Å². The van der Waals surface area contributed by atoms with Gasteiger partial charge in [0.15, 0.2) is 11.5 Å². The SMILES string of the molecule is C[C@H](N)C(=O)NC[C@@H]1COc2ccccc2O1. The summed E-state index contributed by atoms with van der Waals surface area (Å²) in [6.07, 6.45) is -0.174. The highest BCUT2D eigenvalue weighted by molar-refractivity contribution is 5.80. The Balaban J connectivity index is 1.88. The standard InChI is InChI=1S/C12H16N2O3/c1-8(13)12(15)14-6-9-7-16-10-4-2-3-5-11(10)17-9/h2-5,8-9H,6-7,13H2,1H3,(H,14,15)/t8-,9+/m0/s1. The van der Waals surface area contributed by atoms with Crippen LogP contribution < -0.4 is 20.5 Å². The summed E-state index contributed by atoms with van der Waals surface area (Å²) >= 11 is 0. The molecule has 1 amide bonds. The Morgan fingerprint density at radius 2 is 2.24 bits per heavy atom. The van der Waals surface area contributed by atoms with Crippen LogP contribution in [0.1, 0.15) is 6.92 Å². The Morgan fingerprint density at radius 1 is 1.53 bits per heavy atom. The minimum Gasteiger partial charge on any atom is -0.486 e. The molecule has 5 heteroatoms. The molecule has 0 unspecified atom stereocenters. The van der Waals surface area contributed by atoms with E-state index in [1.54, 1.807) is 6.92 Å². The summed E-state index contributed by atoms with van der Waals surface area (Å²) in [6, 6.07) is 6.96. The molecule has 0 aliphatic carbocycles. The van der Waals surface area contributed by atoms with E-state index in [-0.39, 0.29) is 12.0 Å². The molecule has 5 nitrogen and oxygen atoms in total. The van der Waals surface area contributed by atoms with Crippen molar-refractivity contribution in [2.24, 2.45) is 5.73 Å². The molecular formula is C12H16N2O3. The van der Waals surface area contributed by atoms with E-state index in [9.17, 15) is 4.79 Å². The molecule has 0 saturated carbocycles. The summed E-state index contributed by atoms with van der Waals surface area (Å²) < 4.78 is 11.2. The highest BCUT2D eigenvalue weighted by atomic mass is 16.6. The second kappa shape index (κ2) is 5.05. The average molecular weight is 236 g/mol. The second-order valence-corrected chi connectivity index (χ2v) is 4.03. The number of fused-ring (bicyclic) bond motifs is 1. The Kier molecular flexibility index (Phi) is 3.49. The first kappa shape index (κ1) is 11.7. The highest BCUT2D eigenvalue weighted by Gasteiger charge is 2.21. The third kappa shape index (κ3) is 2.88. The number of amides is 1. The van der Waals surface area contributed by atoms with Crippen molar-refractivity contribution in [1.82, 2.24) is 5.32 Å². The van der Waals surface area contributed by atoms with Crippen LogP contribution in [0.2, 0.25) is 0 Å². The summed E-state index contributed by atoms with van der Waals surface area (Å²) in [5, 5.41) is 2.71. The zero-order valence-corrected chi connectivity index (χ0v) is 9.68. The Morgan fingerprint density at radius 3 is 2.94 bits per heavy atom. The molecule has 0 radical (unpaired) electrons. The van der Waals surface area contributed by atoms with E-state index in [0.717, 1.165) is 5.75 Å². The van der Waals surface area contributed by atoms with Gasteiger partial charge in [-0.15, -0.1) is 0 Å². The molecule has 1 aliphatic heterocycles. The largest absolute Gasteiger partial charge is 0.486 e. The predicted molar refractivity (Wildman–Crippen MR) is 63.0 cm³/mol. The number of ether oxygens (including phenoxy) is 2. The topological polar surface area (TPSA) is 73.6 Å². The number of para-hydroxylation sites is 2. The molecule has 1 aromatic rings. The van der Waals surface area contributed by atoms with Crippen LogP contribution in [-0.4, -0.2) is 31.2 Å². The van der Waals surface area contributed by atoms with Gasteiger partial charge < -0.3 is 20.5 Å². The number of nitrogens with two attached hydrogens (primary N) is 1. The quantitative estimate of drug-likeness (QED) is 0.791. The van der Waals surface area contributed by atoms with Crippen molar-refractivity contribution in [3.63, 3.8) is 0 Å². The smallest absolute Gasteiger partial charge is 0.236 e. The molecule has 3 N–H and O–H groups in total. The molecule has 2 atom stereocenters. The van der Waals surface area contributed by atoms with Gasteiger partial charge in [0.2, 0.25) is 5.91 Å². The molecule has 1 aromatic carbocycles. The minimum absolute atomic E-state index is 0.174. The molecule has 2 rings (SSSR count). The van der Waals surface area contributed by atoms with Crippen molar-refractivity contribution < 1.29 is 14.3 Å². The molecule has 0 bridgehead atoms. The highest BCUT2D eigenvalue weighted by Crippen LogP contribution is 2.30. The lowest BCUT2D eigenvalue weighted by Gasteiger charge is -2.26. The van der Waals surface area contributed by atoms with Crippen molar-refractivity contribution in [3.8, 4) is 11.5 Å². The van der Waals surface area contributed by atoms with Gasteiger partial charge in [-0.3, -0.25) is 4.79 Å². The van der Waals surface area contributed by atoms with E-state index in [4.69, 9.17) is 15.2 Å². The number of nitrogens with one attached hydrogen (secondary N) is 1. The first-order valence-electron chi connectivity index (χ1n) is 5.58. The lowest BCUT2D eigenvalue weighted by atomic mass is 10.2. The van der Waals surface area contributed by atoms with Crippen LogP contribution in [-0.2, 0) is 4.79 Å². The molecule has 0 aromatic heterocycles. The zero-order chi connectivity index (χ0) is 12.3. The Bertz CT molecular complexity index is 406. The van der Waals surface area contributed by atoms with E-state index in [0.29, 0.717) is 18.9 Å². The van der Waals surface area contributed by atoms with Crippen molar-refractivity contribution in [2.75, 3.05) is 13.2 Å². The van der Waals surface area contributed by atoms with E-state index in [1.807, 2.05) is 24.3 Å². The number of rotatable bonds is 3. The van der Waals surface area contributed by atoms with E-state index in [2.05, 4.69) is 5.32 Å². The predicted octanol–water partition coefficient (Wildman–Crippen LogP) is 0.290. The first-order valence-corrected chi connectivity index (χ1v) is 5.58. The van der Waals surface area contributed by atoms with Gasteiger partial charge in [-0.2, -0.15) is 0 Å². The summed E-state index contributed by atoms with van der Waals surface area (Å²) in [4.78, 5) is 11.3. The zero-order valence-electron chi connectivity index (χ0n) is 9.68. The second-order valence-electron chi connectivity index (χ2n) is 4.03. The molecule has 1 aliphatic rings. The maximum absolute atomic E-state index is 11.3. The number of carbonyl (C=O) groups is 1. The molecular weight excluding hydrogens is 220 g/mol. The molecule has 1 heterocycles. The Hall–Kier alpha value is -1.75. The first-order chi connectivity index (χ1) is 8.16. The van der Waals surface area contributed by atoms with Crippen LogP contribution >= 0.6 is 0 Å². The van der Waals surface area contributed by atoms with E-state index >= 15 is 0 Å². The number of benzene rings is 1. The number of hydrogen-bond donors (Lipinski definition) is 2. The normalized spacial score (nSPS) is 19.5. The van der Waals surface area contributed by atoms with Gasteiger partial charge in [-0.25, -0.2) is 0 Å². The van der Waals surface area contributed by atoms with Crippen LogP contribution in [0.25, 0.3) is 0 Å². The van der Waals surface area contributed by atoms with Crippen molar-refractivity contribution in [3.05, 3.63) is 24.3 Å². The fraction of sp³-hybridized carbons (Fsp3) is 0.417. The number of hydrogen-bond acceptors (Lipinski definition) is 4. The fourth-order valence-corrected chi connectivity index (χ4v) is 1.54. The lowest BCUT2D eigenvalue weighted by Crippen LogP contribution is -2.45. The average Bonchev–Trinajstić information content (AvgIpc) is 2.35. The van der Waals surface area contributed by atoms with Gasteiger partial charge in [0, 0.05) is 0 Å². The molecule has 92 valence electrons. The monoisotopic (exact) mass is 236 g/mol. The third-order valence-corrected chi connectivity index (χ3v) is 2.49. The van der Waals surface area contributed by atoms with Crippen LogP contribution in [0.3, 0.4) is 0 Å².